The fraction of sp³-hybridized carbons (Fsp3) is 0.375. The molecule has 21 heavy (non-hydrogen) atoms. The lowest BCUT2D eigenvalue weighted by atomic mass is 9.73. The van der Waals surface area contributed by atoms with Crippen LogP contribution in [0.5, 0.6) is 0 Å². The van der Waals surface area contributed by atoms with Gasteiger partial charge in [-0.25, -0.2) is 4.90 Å². The molecule has 5 heteroatoms. The van der Waals surface area contributed by atoms with Crippen molar-refractivity contribution in [2.45, 2.75) is 25.0 Å². The highest BCUT2D eigenvalue weighted by Gasteiger charge is 2.70. The van der Waals surface area contributed by atoms with E-state index >= 15 is 0 Å². The molecule has 0 saturated carbocycles. The van der Waals surface area contributed by atoms with E-state index in [1.54, 1.807) is 12.1 Å². The van der Waals surface area contributed by atoms with E-state index in [1.807, 2.05) is 38.1 Å². The van der Waals surface area contributed by atoms with Gasteiger partial charge in [0.05, 0.1) is 28.7 Å². The van der Waals surface area contributed by atoms with Crippen LogP contribution in [0.4, 0.5) is 5.69 Å². The molecule has 0 spiro atoms. The molecule has 3 aliphatic rings. The van der Waals surface area contributed by atoms with Crippen LogP contribution in [0.1, 0.15) is 13.8 Å². The van der Waals surface area contributed by atoms with Crippen molar-refractivity contribution in [3.8, 4) is 0 Å². The van der Waals surface area contributed by atoms with Gasteiger partial charge in [-0.05, 0) is 32.0 Å². The first-order valence-electron chi connectivity index (χ1n) is 6.90. The topological polar surface area (TPSA) is 46.6 Å². The van der Waals surface area contributed by atoms with E-state index in [0.29, 0.717) is 5.69 Å². The molecule has 3 heterocycles. The zero-order valence-electron chi connectivity index (χ0n) is 11.7. The Bertz CT molecular complexity index is 679. The van der Waals surface area contributed by atoms with Crippen molar-refractivity contribution >= 4 is 33.4 Å². The fourth-order valence-electron chi connectivity index (χ4n) is 3.90. The summed E-state index contributed by atoms with van der Waals surface area (Å²) in [5.74, 6) is -1.20. The maximum absolute atomic E-state index is 12.8. The van der Waals surface area contributed by atoms with Gasteiger partial charge in [0.15, 0.2) is 0 Å². The van der Waals surface area contributed by atoms with Gasteiger partial charge in [-0.15, -0.1) is 0 Å². The van der Waals surface area contributed by atoms with Crippen LogP contribution in [-0.2, 0) is 14.3 Å². The van der Waals surface area contributed by atoms with Crippen LogP contribution in [-0.4, -0.2) is 23.0 Å². The number of rotatable bonds is 1. The summed E-state index contributed by atoms with van der Waals surface area (Å²) in [7, 11) is 0. The first kappa shape index (κ1) is 13.2. The lowest BCUT2D eigenvalue weighted by molar-refractivity contribution is -0.128. The predicted octanol–water partition coefficient (Wildman–Crippen LogP) is 2.67. The van der Waals surface area contributed by atoms with Crippen molar-refractivity contribution in [2.75, 3.05) is 4.90 Å². The van der Waals surface area contributed by atoms with Crippen LogP contribution in [0.3, 0.4) is 0 Å². The van der Waals surface area contributed by atoms with Crippen molar-refractivity contribution in [1.82, 2.24) is 0 Å². The summed E-state index contributed by atoms with van der Waals surface area (Å²) >= 11 is 3.38. The standard InChI is InChI=1S/C16H14BrNO3/c1-15-6-7-16(2,21-15)12-11(15)13(19)18(14(12)20)10-5-3-4-9(17)8-10/h3-8,11-12H,1-2H3/t11-,12+,15+,16-. The Morgan fingerprint density at radius 2 is 1.67 bits per heavy atom. The molecule has 0 N–H and O–H groups in total. The molecule has 4 nitrogen and oxygen atoms in total. The van der Waals surface area contributed by atoms with Crippen LogP contribution >= 0.6 is 15.9 Å². The predicted molar refractivity (Wildman–Crippen MR) is 80.7 cm³/mol. The summed E-state index contributed by atoms with van der Waals surface area (Å²) in [4.78, 5) is 27.0. The van der Waals surface area contributed by atoms with Crippen molar-refractivity contribution in [3.63, 3.8) is 0 Å². The maximum Gasteiger partial charge on any atom is 0.241 e. The van der Waals surface area contributed by atoms with E-state index in [2.05, 4.69) is 15.9 Å². The SMILES string of the molecule is C[C@]12C=C[C@](C)(O1)[C@H]1C(=O)N(c3cccc(Br)c3)C(=O)[C@H]12. The monoisotopic (exact) mass is 347 g/mol. The minimum atomic E-state index is -0.674. The highest BCUT2D eigenvalue weighted by atomic mass is 79.9. The average Bonchev–Trinajstić information content (AvgIpc) is 2.95. The Kier molecular flexibility index (Phi) is 2.42. The summed E-state index contributed by atoms with van der Waals surface area (Å²) < 4.78 is 6.81. The largest absolute Gasteiger partial charge is 0.359 e. The van der Waals surface area contributed by atoms with E-state index in [-0.39, 0.29) is 11.8 Å². The van der Waals surface area contributed by atoms with Crippen LogP contribution in [0.25, 0.3) is 0 Å². The number of amides is 2. The number of ether oxygens (including phenoxy) is 1. The Hall–Kier alpha value is -1.46. The first-order chi connectivity index (χ1) is 9.86. The summed E-state index contributed by atoms with van der Waals surface area (Å²) in [6.07, 6.45) is 3.84. The summed E-state index contributed by atoms with van der Waals surface area (Å²) in [6, 6.07) is 7.26. The van der Waals surface area contributed by atoms with Crippen LogP contribution in [0.2, 0.25) is 0 Å². The minimum absolute atomic E-state index is 0.168. The van der Waals surface area contributed by atoms with Gasteiger partial charge in [-0.1, -0.05) is 34.1 Å². The molecular weight excluding hydrogens is 334 g/mol. The third-order valence-electron chi connectivity index (χ3n) is 4.79. The zero-order chi connectivity index (χ0) is 15.0. The quantitative estimate of drug-likeness (QED) is 0.579. The summed E-state index contributed by atoms with van der Waals surface area (Å²) in [5.41, 5.74) is -0.736. The number of halogens is 1. The number of benzene rings is 1. The fourth-order valence-corrected chi connectivity index (χ4v) is 4.29. The molecule has 2 fully saturated rings. The molecule has 1 aromatic carbocycles. The number of hydrogen-bond acceptors (Lipinski definition) is 3. The second kappa shape index (κ2) is 3.84. The zero-order valence-corrected chi connectivity index (χ0v) is 13.3. The molecule has 0 aliphatic carbocycles. The Balaban J connectivity index is 1.82. The minimum Gasteiger partial charge on any atom is -0.359 e. The molecule has 0 unspecified atom stereocenters. The Labute approximate surface area is 130 Å². The highest BCUT2D eigenvalue weighted by molar-refractivity contribution is 9.10. The molecule has 2 amide bonds. The molecule has 1 aromatic rings. The third-order valence-corrected chi connectivity index (χ3v) is 5.29. The van der Waals surface area contributed by atoms with Gasteiger partial charge in [0.2, 0.25) is 11.8 Å². The lowest BCUT2D eigenvalue weighted by Crippen LogP contribution is -2.39. The summed E-state index contributed by atoms with van der Waals surface area (Å²) in [5, 5.41) is 0. The molecular formula is C16H14BrNO3. The van der Waals surface area contributed by atoms with Crippen LogP contribution in [0, 0.1) is 11.8 Å². The second-order valence-corrected chi connectivity index (χ2v) is 7.17. The average molecular weight is 348 g/mol. The number of fused-ring (bicyclic) bond motifs is 5. The van der Waals surface area contributed by atoms with Crippen molar-refractivity contribution in [3.05, 3.63) is 40.9 Å². The van der Waals surface area contributed by atoms with Gasteiger partial charge in [0.1, 0.15) is 0 Å². The van der Waals surface area contributed by atoms with Crippen molar-refractivity contribution in [1.29, 1.82) is 0 Å². The molecule has 3 aliphatic heterocycles. The third kappa shape index (κ3) is 1.53. The first-order valence-corrected chi connectivity index (χ1v) is 7.69. The number of hydrogen-bond donors (Lipinski definition) is 0. The Morgan fingerprint density at radius 3 is 2.19 bits per heavy atom. The van der Waals surface area contributed by atoms with E-state index < -0.39 is 23.0 Å². The molecule has 2 bridgehead atoms. The van der Waals surface area contributed by atoms with E-state index in [0.717, 1.165) is 4.47 Å². The molecule has 108 valence electrons. The van der Waals surface area contributed by atoms with Gasteiger partial charge in [0.25, 0.3) is 0 Å². The normalized spacial score (nSPS) is 40.2. The van der Waals surface area contributed by atoms with Crippen molar-refractivity contribution < 1.29 is 14.3 Å². The number of imide groups is 1. The number of carbonyl (C=O) groups is 2. The molecule has 4 rings (SSSR count). The van der Waals surface area contributed by atoms with Gasteiger partial charge in [-0.2, -0.15) is 0 Å². The van der Waals surface area contributed by atoms with E-state index in [4.69, 9.17) is 4.74 Å². The van der Waals surface area contributed by atoms with Gasteiger partial charge in [-0.3, -0.25) is 9.59 Å². The molecule has 4 atom stereocenters. The van der Waals surface area contributed by atoms with Gasteiger partial charge < -0.3 is 4.74 Å². The molecule has 0 radical (unpaired) electrons. The van der Waals surface area contributed by atoms with E-state index in [9.17, 15) is 9.59 Å². The second-order valence-electron chi connectivity index (χ2n) is 6.25. The molecule has 0 aromatic heterocycles. The Morgan fingerprint density at radius 1 is 1.10 bits per heavy atom. The maximum atomic E-state index is 12.8. The van der Waals surface area contributed by atoms with Crippen LogP contribution < -0.4 is 4.90 Å². The smallest absolute Gasteiger partial charge is 0.241 e. The lowest BCUT2D eigenvalue weighted by Gasteiger charge is -2.25. The highest BCUT2D eigenvalue weighted by Crippen LogP contribution is 2.57. The number of anilines is 1. The summed E-state index contributed by atoms with van der Waals surface area (Å²) in [6.45, 7) is 3.77. The van der Waals surface area contributed by atoms with E-state index in [1.165, 1.54) is 4.90 Å². The van der Waals surface area contributed by atoms with Crippen molar-refractivity contribution in [2.24, 2.45) is 11.8 Å². The van der Waals surface area contributed by atoms with Crippen LogP contribution in [0.15, 0.2) is 40.9 Å². The number of carbonyl (C=O) groups excluding carboxylic acids is 2. The van der Waals surface area contributed by atoms with Gasteiger partial charge in [0, 0.05) is 4.47 Å². The van der Waals surface area contributed by atoms with Gasteiger partial charge >= 0.3 is 0 Å². The number of nitrogens with zero attached hydrogens (tertiary/aromatic N) is 1. The molecule has 2 saturated heterocycles.